The second kappa shape index (κ2) is 11.7. The predicted molar refractivity (Wildman–Crippen MR) is 122 cm³/mol. The van der Waals surface area contributed by atoms with Gasteiger partial charge in [0.25, 0.3) is 0 Å². The number of aliphatic imine (C=N–C) groups is 1. The molecule has 2 aromatic rings. The summed E-state index contributed by atoms with van der Waals surface area (Å²) in [4.78, 5) is 13.8. The van der Waals surface area contributed by atoms with Crippen LogP contribution in [0.15, 0.2) is 39.7 Å². The number of aryl methyl sites for hydroxylation is 2. The molecular weight excluding hydrogens is 376 g/mol. The molecule has 164 valence electrons. The molecule has 2 heterocycles. The first-order valence-electron chi connectivity index (χ1n) is 11.0. The molecule has 0 radical (unpaired) electrons. The molecule has 30 heavy (non-hydrogen) atoms. The molecule has 1 aromatic carbocycles. The molecule has 0 atom stereocenters. The third-order valence-electron chi connectivity index (χ3n) is 5.61. The standard InChI is InChI=1S/C23H36N6O/c1-19-20(2)30-22(27-19)17-26-23(24-3)25-11-7-8-12-28-13-15-29(16-14-28)18-21-9-5-4-6-10-21/h4-6,9-10H,7-8,11-18H2,1-3H3,(H2,24,25,26). The van der Waals surface area contributed by atoms with Crippen molar-refractivity contribution in [3.05, 3.63) is 53.2 Å². The van der Waals surface area contributed by atoms with Crippen molar-refractivity contribution in [1.29, 1.82) is 0 Å². The minimum Gasteiger partial charge on any atom is -0.444 e. The Bertz CT molecular complexity index is 761. The van der Waals surface area contributed by atoms with Gasteiger partial charge in [-0.2, -0.15) is 0 Å². The second-order valence-corrected chi connectivity index (χ2v) is 7.91. The molecule has 0 bridgehead atoms. The van der Waals surface area contributed by atoms with Crippen LogP contribution in [0.4, 0.5) is 0 Å². The molecule has 1 aliphatic heterocycles. The van der Waals surface area contributed by atoms with Gasteiger partial charge in [0.1, 0.15) is 5.76 Å². The molecule has 1 saturated heterocycles. The van der Waals surface area contributed by atoms with E-state index in [1.54, 1.807) is 7.05 Å². The predicted octanol–water partition coefficient (Wildman–Crippen LogP) is 2.55. The van der Waals surface area contributed by atoms with Gasteiger partial charge in [-0.25, -0.2) is 4.98 Å². The summed E-state index contributed by atoms with van der Waals surface area (Å²) in [6, 6.07) is 10.8. The number of hydrogen-bond acceptors (Lipinski definition) is 5. The molecule has 0 amide bonds. The zero-order chi connectivity index (χ0) is 21.2. The summed E-state index contributed by atoms with van der Waals surface area (Å²) in [6.07, 6.45) is 2.32. The number of benzene rings is 1. The number of unbranched alkanes of at least 4 members (excludes halogenated alkanes) is 1. The first-order chi connectivity index (χ1) is 14.6. The van der Waals surface area contributed by atoms with Crippen LogP contribution in [0.25, 0.3) is 0 Å². The fourth-order valence-electron chi connectivity index (χ4n) is 3.67. The van der Waals surface area contributed by atoms with Crippen LogP contribution in [0.3, 0.4) is 0 Å². The van der Waals surface area contributed by atoms with Crippen molar-refractivity contribution in [2.45, 2.75) is 39.8 Å². The molecule has 2 N–H and O–H groups in total. The van der Waals surface area contributed by atoms with Crippen LogP contribution in [0.2, 0.25) is 0 Å². The molecule has 7 heteroatoms. The van der Waals surface area contributed by atoms with Crippen molar-refractivity contribution in [3.8, 4) is 0 Å². The Morgan fingerprint density at radius 1 is 1.03 bits per heavy atom. The maximum atomic E-state index is 5.59. The first-order valence-corrected chi connectivity index (χ1v) is 11.0. The maximum Gasteiger partial charge on any atom is 0.214 e. The zero-order valence-corrected chi connectivity index (χ0v) is 18.7. The van der Waals surface area contributed by atoms with Gasteiger partial charge in [-0.3, -0.25) is 9.89 Å². The Balaban J connectivity index is 1.24. The molecule has 1 fully saturated rings. The Kier molecular flexibility index (Phi) is 8.71. The third-order valence-corrected chi connectivity index (χ3v) is 5.61. The van der Waals surface area contributed by atoms with Gasteiger partial charge in [0, 0.05) is 46.3 Å². The molecule has 0 aliphatic carbocycles. The molecule has 7 nitrogen and oxygen atoms in total. The molecule has 3 rings (SSSR count). The van der Waals surface area contributed by atoms with Crippen LogP contribution in [0.5, 0.6) is 0 Å². The molecule has 1 aliphatic rings. The summed E-state index contributed by atoms with van der Waals surface area (Å²) in [7, 11) is 1.79. The number of nitrogens with one attached hydrogen (secondary N) is 2. The number of nitrogens with zero attached hydrogens (tertiary/aromatic N) is 4. The summed E-state index contributed by atoms with van der Waals surface area (Å²) in [5, 5.41) is 6.63. The summed E-state index contributed by atoms with van der Waals surface area (Å²) in [5.41, 5.74) is 2.35. The Morgan fingerprint density at radius 3 is 2.43 bits per heavy atom. The number of piperazine rings is 1. The fourth-order valence-corrected chi connectivity index (χ4v) is 3.67. The topological polar surface area (TPSA) is 68.9 Å². The van der Waals surface area contributed by atoms with E-state index in [0.717, 1.165) is 50.0 Å². The van der Waals surface area contributed by atoms with E-state index in [2.05, 4.69) is 60.7 Å². The van der Waals surface area contributed by atoms with Crippen LogP contribution in [-0.2, 0) is 13.1 Å². The summed E-state index contributed by atoms with van der Waals surface area (Å²) in [5.74, 6) is 2.35. The highest BCUT2D eigenvalue weighted by Crippen LogP contribution is 2.09. The summed E-state index contributed by atoms with van der Waals surface area (Å²) < 4.78 is 5.59. The monoisotopic (exact) mass is 412 g/mol. The molecule has 1 aromatic heterocycles. The Morgan fingerprint density at radius 2 is 1.77 bits per heavy atom. The van der Waals surface area contributed by atoms with Crippen molar-refractivity contribution >= 4 is 5.96 Å². The van der Waals surface area contributed by atoms with E-state index in [4.69, 9.17) is 4.42 Å². The van der Waals surface area contributed by atoms with Crippen molar-refractivity contribution < 1.29 is 4.42 Å². The van der Waals surface area contributed by atoms with Crippen LogP contribution in [-0.4, -0.2) is 67.1 Å². The number of aromatic nitrogens is 1. The fraction of sp³-hybridized carbons (Fsp3) is 0.565. The van der Waals surface area contributed by atoms with Gasteiger partial charge in [0.2, 0.25) is 5.89 Å². The molecule has 0 unspecified atom stereocenters. The summed E-state index contributed by atoms with van der Waals surface area (Å²) >= 11 is 0. The van der Waals surface area contributed by atoms with Gasteiger partial charge in [0.05, 0.1) is 12.2 Å². The number of rotatable bonds is 9. The van der Waals surface area contributed by atoms with Gasteiger partial charge in [0.15, 0.2) is 5.96 Å². The highest BCUT2D eigenvalue weighted by Gasteiger charge is 2.16. The minimum atomic E-state index is 0.543. The molecule has 0 saturated carbocycles. The third kappa shape index (κ3) is 7.15. The van der Waals surface area contributed by atoms with E-state index in [1.165, 1.54) is 31.6 Å². The van der Waals surface area contributed by atoms with Crippen LogP contribution in [0, 0.1) is 13.8 Å². The van der Waals surface area contributed by atoms with Crippen molar-refractivity contribution in [1.82, 2.24) is 25.4 Å². The van der Waals surface area contributed by atoms with Crippen LogP contribution >= 0.6 is 0 Å². The summed E-state index contributed by atoms with van der Waals surface area (Å²) in [6.45, 7) is 12.2. The van der Waals surface area contributed by atoms with Crippen LogP contribution in [0.1, 0.15) is 35.7 Å². The normalized spacial score (nSPS) is 16.0. The lowest BCUT2D eigenvalue weighted by atomic mass is 10.2. The largest absolute Gasteiger partial charge is 0.444 e. The Hall–Kier alpha value is -2.38. The lowest BCUT2D eigenvalue weighted by Crippen LogP contribution is -2.46. The first kappa shape index (κ1) is 22.3. The lowest BCUT2D eigenvalue weighted by molar-refractivity contribution is 0.126. The quantitative estimate of drug-likeness (QED) is 0.375. The highest BCUT2D eigenvalue weighted by atomic mass is 16.4. The highest BCUT2D eigenvalue weighted by molar-refractivity contribution is 5.79. The van der Waals surface area contributed by atoms with Crippen molar-refractivity contribution in [2.75, 3.05) is 46.3 Å². The number of oxazole rings is 1. The van der Waals surface area contributed by atoms with Crippen LogP contribution < -0.4 is 10.6 Å². The van der Waals surface area contributed by atoms with E-state index < -0.39 is 0 Å². The average molecular weight is 413 g/mol. The van der Waals surface area contributed by atoms with E-state index in [1.807, 2.05) is 13.8 Å². The number of guanidine groups is 1. The van der Waals surface area contributed by atoms with Gasteiger partial charge >= 0.3 is 0 Å². The maximum absolute atomic E-state index is 5.59. The van der Waals surface area contributed by atoms with Crippen molar-refractivity contribution in [2.24, 2.45) is 4.99 Å². The van der Waals surface area contributed by atoms with E-state index in [-0.39, 0.29) is 0 Å². The van der Waals surface area contributed by atoms with Gasteiger partial charge in [-0.1, -0.05) is 30.3 Å². The van der Waals surface area contributed by atoms with E-state index >= 15 is 0 Å². The number of hydrogen-bond donors (Lipinski definition) is 2. The smallest absolute Gasteiger partial charge is 0.214 e. The minimum absolute atomic E-state index is 0.543. The average Bonchev–Trinajstić information content (AvgIpc) is 3.09. The van der Waals surface area contributed by atoms with Gasteiger partial charge in [-0.15, -0.1) is 0 Å². The SMILES string of the molecule is CN=C(NCCCCN1CCN(Cc2ccccc2)CC1)NCc1nc(C)c(C)o1. The van der Waals surface area contributed by atoms with Crippen molar-refractivity contribution in [3.63, 3.8) is 0 Å². The Labute approximate surface area is 180 Å². The molecule has 0 spiro atoms. The molecular formula is C23H36N6O. The zero-order valence-electron chi connectivity index (χ0n) is 18.7. The van der Waals surface area contributed by atoms with E-state index in [0.29, 0.717) is 12.4 Å². The van der Waals surface area contributed by atoms with E-state index in [9.17, 15) is 0 Å². The van der Waals surface area contributed by atoms with Gasteiger partial charge < -0.3 is 20.0 Å². The second-order valence-electron chi connectivity index (χ2n) is 7.91. The van der Waals surface area contributed by atoms with Gasteiger partial charge in [-0.05, 0) is 38.8 Å². The lowest BCUT2D eigenvalue weighted by Gasteiger charge is -2.34.